The highest BCUT2D eigenvalue weighted by Gasteiger charge is 2.07. The van der Waals surface area contributed by atoms with E-state index in [-0.39, 0.29) is 12.4 Å². The number of carbonyl (C=O) groups excluding carboxylic acids is 1. The number of hydrogen-bond acceptors (Lipinski definition) is 5. The number of amides is 1. The summed E-state index contributed by atoms with van der Waals surface area (Å²) < 4.78 is 7.41. The average Bonchev–Trinajstić information content (AvgIpc) is 2.54. The average molecular weight is 339 g/mol. The van der Waals surface area contributed by atoms with Gasteiger partial charge in [-0.25, -0.2) is 4.79 Å². The minimum Gasteiger partial charge on any atom is -0.484 e. The molecule has 9 heteroatoms. The SMILES string of the molecule is Cn1c(NNC(=O)COc2ccc(Cl)cc2)cc(=O)n(C)c1=O. The van der Waals surface area contributed by atoms with Gasteiger partial charge in [0.2, 0.25) is 0 Å². The second-order valence-corrected chi connectivity index (χ2v) is 5.12. The lowest BCUT2D eigenvalue weighted by molar-refractivity contribution is -0.122. The van der Waals surface area contributed by atoms with Gasteiger partial charge in [0, 0.05) is 25.2 Å². The first-order valence-electron chi connectivity index (χ1n) is 6.59. The van der Waals surface area contributed by atoms with Crippen LogP contribution in [0, 0.1) is 0 Å². The molecule has 8 nitrogen and oxygen atoms in total. The number of nitrogens with zero attached hydrogens (tertiary/aromatic N) is 2. The molecule has 1 aromatic heterocycles. The Morgan fingerprint density at radius 3 is 2.48 bits per heavy atom. The molecule has 0 atom stereocenters. The zero-order chi connectivity index (χ0) is 17.0. The number of hydrazine groups is 1. The van der Waals surface area contributed by atoms with Crippen LogP contribution in [0.15, 0.2) is 39.9 Å². The van der Waals surface area contributed by atoms with Crippen LogP contribution in [0.1, 0.15) is 0 Å². The summed E-state index contributed by atoms with van der Waals surface area (Å²) in [7, 11) is 2.84. The Kier molecular flexibility index (Phi) is 5.07. The highest BCUT2D eigenvalue weighted by molar-refractivity contribution is 6.30. The molecule has 0 aliphatic carbocycles. The summed E-state index contributed by atoms with van der Waals surface area (Å²) in [5.41, 5.74) is 3.87. The first-order chi connectivity index (χ1) is 10.9. The van der Waals surface area contributed by atoms with Crippen molar-refractivity contribution < 1.29 is 9.53 Å². The number of anilines is 1. The van der Waals surface area contributed by atoms with Gasteiger partial charge < -0.3 is 4.74 Å². The van der Waals surface area contributed by atoms with Gasteiger partial charge in [0.05, 0.1) is 0 Å². The zero-order valence-corrected chi connectivity index (χ0v) is 13.3. The first kappa shape index (κ1) is 16.6. The smallest absolute Gasteiger partial charge is 0.332 e. The Bertz CT molecular complexity index is 826. The van der Waals surface area contributed by atoms with E-state index in [1.807, 2.05) is 0 Å². The predicted octanol–water partition coefficient (Wildman–Crippen LogP) is 0.259. The van der Waals surface area contributed by atoms with Crippen molar-refractivity contribution in [2.24, 2.45) is 14.1 Å². The van der Waals surface area contributed by atoms with Crippen LogP contribution in [-0.4, -0.2) is 21.6 Å². The summed E-state index contributed by atoms with van der Waals surface area (Å²) in [6.07, 6.45) is 0. The van der Waals surface area contributed by atoms with Crippen LogP contribution in [0.2, 0.25) is 5.02 Å². The fourth-order valence-corrected chi connectivity index (χ4v) is 1.83. The van der Waals surface area contributed by atoms with Crippen LogP contribution in [0.25, 0.3) is 0 Å². The molecule has 2 aromatic rings. The number of rotatable bonds is 5. The van der Waals surface area contributed by atoms with Crippen molar-refractivity contribution in [2.75, 3.05) is 12.0 Å². The van der Waals surface area contributed by atoms with E-state index in [1.54, 1.807) is 24.3 Å². The quantitative estimate of drug-likeness (QED) is 0.763. The third-order valence-corrected chi connectivity index (χ3v) is 3.29. The molecule has 0 saturated carbocycles. The molecule has 0 unspecified atom stereocenters. The van der Waals surface area contributed by atoms with Gasteiger partial charge in [0.1, 0.15) is 11.6 Å². The van der Waals surface area contributed by atoms with Gasteiger partial charge in [0.15, 0.2) is 6.61 Å². The van der Waals surface area contributed by atoms with Gasteiger partial charge in [-0.05, 0) is 24.3 Å². The summed E-state index contributed by atoms with van der Waals surface area (Å²) in [5, 5.41) is 0.565. The van der Waals surface area contributed by atoms with E-state index in [2.05, 4.69) is 10.9 Å². The minimum absolute atomic E-state index is 0.165. The van der Waals surface area contributed by atoms with Crippen molar-refractivity contribution in [3.63, 3.8) is 0 Å². The maximum Gasteiger partial charge on any atom is 0.332 e. The van der Waals surface area contributed by atoms with Gasteiger partial charge >= 0.3 is 5.69 Å². The van der Waals surface area contributed by atoms with Crippen LogP contribution in [0.5, 0.6) is 5.75 Å². The molecule has 0 aliphatic rings. The number of hydrogen-bond donors (Lipinski definition) is 2. The Morgan fingerprint density at radius 1 is 1.17 bits per heavy atom. The molecular formula is C14H15ClN4O4. The van der Waals surface area contributed by atoms with Crippen molar-refractivity contribution in [2.45, 2.75) is 0 Å². The number of halogens is 1. The minimum atomic E-state index is -0.508. The number of carbonyl (C=O) groups is 1. The number of benzene rings is 1. The Morgan fingerprint density at radius 2 is 1.83 bits per heavy atom. The molecule has 2 rings (SSSR count). The summed E-state index contributed by atoms with van der Waals surface area (Å²) in [5.74, 6) is 0.177. The molecule has 0 saturated heterocycles. The van der Waals surface area contributed by atoms with Crippen molar-refractivity contribution in [3.8, 4) is 5.75 Å². The topological polar surface area (TPSA) is 94.4 Å². The van der Waals surface area contributed by atoms with E-state index < -0.39 is 17.2 Å². The van der Waals surface area contributed by atoms with Crippen molar-refractivity contribution in [1.82, 2.24) is 14.6 Å². The van der Waals surface area contributed by atoms with Gasteiger partial charge in [-0.1, -0.05) is 11.6 Å². The van der Waals surface area contributed by atoms with Gasteiger partial charge in [-0.3, -0.25) is 29.6 Å². The van der Waals surface area contributed by atoms with Crippen LogP contribution in [0.4, 0.5) is 5.82 Å². The largest absolute Gasteiger partial charge is 0.484 e. The molecule has 0 radical (unpaired) electrons. The molecule has 0 bridgehead atoms. The molecule has 1 heterocycles. The molecule has 0 aliphatic heterocycles. The van der Waals surface area contributed by atoms with Crippen LogP contribution in [-0.2, 0) is 18.9 Å². The second-order valence-electron chi connectivity index (χ2n) is 4.68. The molecule has 0 spiro atoms. The highest BCUT2D eigenvalue weighted by Crippen LogP contribution is 2.15. The first-order valence-corrected chi connectivity index (χ1v) is 6.96. The monoisotopic (exact) mass is 338 g/mol. The predicted molar refractivity (Wildman–Crippen MR) is 85.6 cm³/mol. The Hall–Kier alpha value is -2.74. The normalized spacial score (nSPS) is 10.2. The van der Waals surface area contributed by atoms with E-state index in [4.69, 9.17) is 16.3 Å². The van der Waals surface area contributed by atoms with E-state index in [0.29, 0.717) is 10.8 Å². The molecule has 23 heavy (non-hydrogen) atoms. The van der Waals surface area contributed by atoms with Crippen LogP contribution < -0.4 is 26.8 Å². The number of ether oxygens (including phenoxy) is 1. The van der Waals surface area contributed by atoms with E-state index >= 15 is 0 Å². The van der Waals surface area contributed by atoms with Crippen molar-refractivity contribution >= 4 is 23.3 Å². The highest BCUT2D eigenvalue weighted by atomic mass is 35.5. The summed E-state index contributed by atoms with van der Waals surface area (Å²) >= 11 is 5.74. The lowest BCUT2D eigenvalue weighted by Crippen LogP contribution is -2.41. The van der Waals surface area contributed by atoms with Crippen LogP contribution in [0.3, 0.4) is 0 Å². The van der Waals surface area contributed by atoms with E-state index in [0.717, 1.165) is 4.57 Å². The fourth-order valence-electron chi connectivity index (χ4n) is 1.70. The molecule has 1 aromatic carbocycles. The maximum absolute atomic E-state index is 11.7. The summed E-state index contributed by atoms with van der Waals surface area (Å²) in [6, 6.07) is 7.74. The summed E-state index contributed by atoms with van der Waals surface area (Å²) in [4.78, 5) is 35.0. The second kappa shape index (κ2) is 7.01. The number of nitrogens with one attached hydrogen (secondary N) is 2. The lowest BCUT2D eigenvalue weighted by Gasteiger charge is -2.13. The molecule has 2 N–H and O–H groups in total. The lowest BCUT2D eigenvalue weighted by atomic mass is 10.3. The van der Waals surface area contributed by atoms with Crippen LogP contribution >= 0.6 is 11.6 Å². The molecule has 1 amide bonds. The third-order valence-electron chi connectivity index (χ3n) is 3.04. The Balaban J connectivity index is 1.93. The Labute approximate surface area is 136 Å². The maximum atomic E-state index is 11.7. The molecule has 122 valence electrons. The molecular weight excluding hydrogens is 324 g/mol. The number of aromatic nitrogens is 2. The van der Waals surface area contributed by atoms with E-state index in [9.17, 15) is 14.4 Å². The van der Waals surface area contributed by atoms with Crippen molar-refractivity contribution in [3.05, 3.63) is 56.2 Å². The van der Waals surface area contributed by atoms with Crippen molar-refractivity contribution in [1.29, 1.82) is 0 Å². The zero-order valence-electron chi connectivity index (χ0n) is 12.5. The van der Waals surface area contributed by atoms with E-state index in [1.165, 1.54) is 24.7 Å². The summed E-state index contributed by atoms with van der Waals surface area (Å²) in [6.45, 7) is -0.243. The fraction of sp³-hybridized carbons (Fsp3) is 0.214. The van der Waals surface area contributed by atoms with Gasteiger partial charge in [-0.15, -0.1) is 0 Å². The van der Waals surface area contributed by atoms with Gasteiger partial charge in [0.25, 0.3) is 11.5 Å². The molecule has 0 fully saturated rings. The van der Waals surface area contributed by atoms with Gasteiger partial charge in [-0.2, -0.15) is 0 Å². The standard InChI is InChI=1S/C14H15ClN4O4/c1-18-11(7-13(21)19(2)14(18)22)16-17-12(20)8-23-10-5-3-9(15)4-6-10/h3-7,16H,8H2,1-2H3,(H,17,20). The third kappa shape index (κ3) is 4.13.